The molecule has 1 aliphatic heterocycles. The first-order valence-corrected chi connectivity index (χ1v) is 4.41. The van der Waals surface area contributed by atoms with Crippen molar-refractivity contribution in [3.05, 3.63) is 12.2 Å². The van der Waals surface area contributed by atoms with Crippen molar-refractivity contribution in [1.82, 2.24) is 0 Å². The molecular formula is C9H16O3. The van der Waals surface area contributed by atoms with Crippen LogP contribution in [0.15, 0.2) is 12.2 Å². The Bertz CT molecular complexity index is 137. The lowest BCUT2D eigenvalue weighted by Crippen LogP contribution is -2.34. The molecule has 70 valence electrons. The second kappa shape index (κ2) is 5.30. The number of rotatable bonds is 3. The van der Waals surface area contributed by atoms with Gasteiger partial charge in [-0.25, -0.2) is 0 Å². The number of aliphatic hydroxyl groups excluding tert-OH is 1. The van der Waals surface area contributed by atoms with E-state index in [2.05, 4.69) is 6.92 Å². The quantitative estimate of drug-likeness (QED) is 0.647. The minimum Gasteiger partial charge on any atom is -0.388 e. The number of hydrogen-bond acceptors (Lipinski definition) is 3. The third kappa shape index (κ3) is 3.34. The van der Waals surface area contributed by atoms with Crippen LogP contribution in [0.2, 0.25) is 0 Å². The maximum Gasteiger partial charge on any atom is 0.177 e. The second-order valence-corrected chi connectivity index (χ2v) is 2.91. The Kier molecular flexibility index (Phi) is 4.29. The molecule has 0 unspecified atom stereocenters. The molecule has 0 spiro atoms. The summed E-state index contributed by atoms with van der Waals surface area (Å²) in [6, 6.07) is 0. The molecule has 0 amide bonds. The van der Waals surface area contributed by atoms with Gasteiger partial charge >= 0.3 is 0 Å². The van der Waals surface area contributed by atoms with Crippen molar-refractivity contribution >= 4 is 0 Å². The van der Waals surface area contributed by atoms with Crippen LogP contribution in [0.1, 0.15) is 19.8 Å². The Hall–Kier alpha value is -0.380. The predicted molar refractivity (Wildman–Crippen MR) is 45.7 cm³/mol. The number of unbranched alkanes of at least 4 members (excludes halogenated alkanes) is 1. The Balaban J connectivity index is 2.17. The van der Waals surface area contributed by atoms with Crippen LogP contribution < -0.4 is 0 Å². The smallest absolute Gasteiger partial charge is 0.177 e. The summed E-state index contributed by atoms with van der Waals surface area (Å²) < 4.78 is 10.4. The molecule has 0 bridgehead atoms. The second-order valence-electron chi connectivity index (χ2n) is 2.91. The highest BCUT2D eigenvalue weighted by Gasteiger charge is 2.17. The van der Waals surface area contributed by atoms with E-state index in [1.165, 1.54) is 0 Å². The van der Waals surface area contributed by atoms with Crippen LogP contribution in [0.5, 0.6) is 0 Å². The third-order valence-corrected chi connectivity index (χ3v) is 1.65. The Labute approximate surface area is 73.0 Å². The van der Waals surface area contributed by atoms with Crippen LogP contribution in [0.4, 0.5) is 0 Å². The summed E-state index contributed by atoms with van der Waals surface area (Å²) in [6.07, 6.45) is 5.41. The van der Waals surface area contributed by atoms with E-state index in [0.717, 1.165) is 12.8 Å². The number of hydrogen-bond donors (Lipinski definition) is 1. The number of allylic oxidation sites excluding steroid dienone is 1. The normalized spacial score (nSPS) is 31.2. The fourth-order valence-corrected chi connectivity index (χ4v) is 0.993. The van der Waals surface area contributed by atoms with Crippen molar-refractivity contribution in [2.24, 2.45) is 0 Å². The molecule has 1 saturated heterocycles. The summed E-state index contributed by atoms with van der Waals surface area (Å²) in [6.45, 7) is 2.87. The predicted octanol–water partition coefficient (Wildman–Crippen LogP) is 1.08. The van der Waals surface area contributed by atoms with Crippen LogP contribution in [-0.2, 0) is 9.47 Å². The fraction of sp³-hybridized carbons (Fsp3) is 0.778. The number of ether oxygens (including phenoxy) is 2. The zero-order chi connectivity index (χ0) is 8.81. The van der Waals surface area contributed by atoms with Gasteiger partial charge in [0.25, 0.3) is 0 Å². The Morgan fingerprint density at radius 3 is 2.67 bits per heavy atom. The van der Waals surface area contributed by atoms with Crippen molar-refractivity contribution < 1.29 is 14.6 Å². The minimum absolute atomic E-state index is 0.250. The summed E-state index contributed by atoms with van der Waals surface area (Å²) in [5, 5.41) is 9.02. The van der Waals surface area contributed by atoms with Gasteiger partial charge in [0.15, 0.2) is 6.29 Å². The van der Waals surface area contributed by atoms with Crippen LogP contribution in [0.25, 0.3) is 0 Å². The first kappa shape index (κ1) is 9.71. The maximum atomic E-state index is 9.02. The third-order valence-electron chi connectivity index (χ3n) is 1.65. The molecule has 12 heavy (non-hydrogen) atoms. The summed E-state index contributed by atoms with van der Waals surface area (Å²) in [7, 11) is 0. The largest absolute Gasteiger partial charge is 0.388 e. The molecule has 0 aromatic rings. The van der Waals surface area contributed by atoms with Crippen LogP contribution in [0.3, 0.4) is 0 Å². The summed E-state index contributed by atoms with van der Waals surface area (Å²) >= 11 is 0. The maximum absolute atomic E-state index is 9.02. The molecular weight excluding hydrogens is 156 g/mol. The van der Waals surface area contributed by atoms with E-state index in [0.29, 0.717) is 13.2 Å². The van der Waals surface area contributed by atoms with Gasteiger partial charge in [-0.2, -0.15) is 0 Å². The van der Waals surface area contributed by atoms with Gasteiger partial charge in [-0.3, -0.25) is 0 Å². The molecule has 1 heterocycles. The van der Waals surface area contributed by atoms with Crippen LogP contribution in [0, 0.1) is 0 Å². The van der Waals surface area contributed by atoms with Crippen molar-refractivity contribution in [2.45, 2.75) is 32.2 Å². The van der Waals surface area contributed by atoms with Gasteiger partial charge in [0.05, 0.1) is 13.2 Å². The lowest BCUT2D eigenvalue weighted by Gasteiger charge is -2.24. The lowest BCUT2D eigenvalue weighted by atomic mass is 10.3. The summed E-state index contributed by atoms with van der Waals surface area (Å²) in [4.78, 5) is 0. The van der Waals surface area contributed by atoms with Crippen LogP contribution >= 0.6 is 0 Å². The molecule has 1 rings (SSSR count). The average Bonchev–Trinajstić information content (AvgIpc) is 2.09. The average molecular weight is 172 g/mol. The zero-order valence-corrected chi connectivity index (χ0v) is 7.40. The van der Waals surface area contributed by atoms with E-state index in [9.17, 15) is 0 Å². The Morgan fingerprint density at radius 2 is 2.08 bits per heavy atom. The molecule has 0 aromatic heterocycles. The van der Waals surface area contributed by atoms with Crippen molar-refractivity contribution in [1.29, 1.82) is 0 Å². The van der Waals surface area contributed by atoms with Crippen molar-refractivity contribution in [2.75, 3.05) is 13.2 Å². The van der Waals surface area contributed by atoms with Gasteiger partial charge in [0, 0.05) is 0 Å². The Morgan fingerprint density at radius 1 is 1.42 bits per heavy atom. The molecule has 1 N–H and O–H groups in total. The van der Waals surface area contributed by atoms with Crippen molar-refractivity contribution in [3.8, 4) is 0 Å². The van der Waals surface area contributed by atoms with Gasteiger partial charge < -0.3 is 14.6 Å². The van der Waals surface area contributed by atoms with E-state index >= 15 is 0 Å². The zero-order valence-electron chi connectivity index (χ0n) is 7.40. The standard InChI is InChI=1S/C9H16O3/c1-2-3-4-5-9-11-6-8(10)7-12-9/h4-5,8-10H,2-3,6-7H2,1H3. The molecule has 3 heteroatoms. The van der Waals surface area contributed by atoms with E-state index in [1.54, 1.807) is 0 Å². The van der Waals surface area contributed by atoms with Gasteiger partial charge in [-0.05, 0) is 12.5 Å². The molecule has 0 aliphatic carbocycles. The highest BCUT2D eigenvalue weighted by Crippen LogP contribution is 2.07. The molecule has 0 radical (unpaired) electrons. The fourth-order valence-electron chi connectivity index (χ4n) is 0.993. The highest BCUT2D eigenvalue weighted by atomic mass is 16.7. The minimum atomic E-state index is -0.458. The molecule has 3 nitrogen and oxygen atoms in total. The topological polar surface area (TPSA) is 38.7 Å². The van der Waals surface area contributed by atoms with E-state index < -0.39 is 6.10 Å². The van der Waals surface area contributed by atoms with Gasteiger partial charge in [0.1, 0.15) is 6.10 Å². The first-order valence-electron chi connectivity index (χ1n) is 4.41. The molecule has 1 aliphatic rings. The molecule has 0 atom stereocenters. The molecule has 0 saturated carbocycles. The van der Waals surface area contributed by atoms with Gasteiger partial charge in [-0.15, -0.1) is 0 Å². The summed E-state index contributed by atoms with van der Waals surface area (Å²) in [5.41, 5.74) is 0. The van der Waals surface area contributed by atoms with Gasteiger partial charge in [0.2, 0.25) is 0 Å². The summed E-state index contributed by atoms with van der Waals surface area (Å²) in [5.74, 6) is 0. The number of aliphatic hydroxyl groups is 1. The monoisotopic (exact) mass is 172 g/mol. The molecule has 0 aromatic carbocycles. The lowest BCUT2D eigenvalue weighted by molar-refractivity contribution is -0.193. The molecule has 1 fully saturated rings. The van der Waals surface area contributed by atoms with E-state index in [-0.39, 0.29) is 6.29 Å². The highest BCUT2D eigenvalue weighted by molar-refractivity contribution is 4.86. The first-order chi connectivity index (χ1) is 5.83. The van der Waals surface area contributed by atoms with Gasteiger partial charge in [-0.1, -0.05) is 19.4 Å². The SMILES string of the molecule is CCCC=CC1OCC(O)CO1. The van der Waals surface area contributed by atoms with E-state index in [1.807, 2.05) is 12.2 Å². The van der Waals surface area contributed by atoms with E-state index in [4.69, 9.17) is 14.6 Å². The van der Waals surface area contributed by atoms with Crippen LogP contribution in [-0.4, -0.2) is 30.7 Å². The van der Waals surface area contributed by atoms with Crippen molar-refractivity contribution in [3.63, 3.8) is 0 Å².